The van der Waals surface area contributed by atoms with E-state index in [0.29, 0.717) is 0 Å². The van der Waals surface area contributed by atoms with Crippen molar-refractivity contribution < 1.29 is 38.1 Å². The Balaban J connectivity index is 1.17. The van der Waals surface area contributed by atoms with Crippen molar-refractivity contribution in [3.05, 3.63) is 77.5 Å². The van der Waals surface area contributed by atoms with Crippen molar-refractivity contribution >= 4 is 23.8 Å². The molecule has 2 aliphatic heterocycles. The normalized spacial score (nSPS) is 24.5. The number of nitrogens with zero attached hydrogens (tertiary/aromatic N) is 2. The highest BCUT2D eigenvalue weighted by Crippen LogP contribution is 2.46. The average Bonchev–Trinajstić information content (AvgIpc) is 3.39. The number of hydrogen-bond donors (Lipinski definition) is 1. The number of quaternary nitrogens is 1. The molecule has 1 N–H and O–H groups in total. The second-order valence-electron chi connectivity index (χ2n) is 12.7. The highest BCUT2D eigenvalue weighted by Gasteiger charge is 2.63. The van der Waals surface area contributed by atoms with Gasteiger partial charge in [0.15, 0.2) is 5.54 Å². The fourth-order valence-corrected chi connectivity index (χ4v) is 6.90. The summed E-state index contributed by atoms with van der Waals surface area (Å²) in [6.07, 6.45) is 0.190. The third-order valence-corrected chi connectivity index (χ3v) is 8.74. The summed E-state index contributed by atoms with van der Waals surface area (Å²) in [7, 11) is 0. The number of Topliss-reactive ketones (excluding diaryl/α,β-unsaturated/α-hetero) is 1. The van der Waals surface area contributed by atoms with Gasteiger partial charge < -0.3 is 24.2 Å². The number of carbonyl (C=O) groups excluding carboxylic acids is 4. The molecule has 1 aliphatic carbocycles. The van der Waals surface area contributed by atoms with E-state index in [1.807, 2.05) is 54.0 Å². The molecule has 11 heteroatoms. The van der Waals surface area contributed by atoms with Gasteiger partial charge >= 0.3 is 18.0 Å². The smallest absolute Gasteiger partial charge is 0.440 e. The Kier molecular flexibility index (Phi) is 8.66. The van der Waals surface area contributed by atoms with Crippen LogP contribution in [0.5, 0.6) is 0 Å². The van der Waals surface area contributed by atoms with Gasteiger partial charge in [0.25, 0.3) is 0 Å². The molecule has 2 aromatic rings. The van der Waals surface area contributed by atoms with E-state index >= 15 is 0 Å². The molecule has 3 atom stereocenters. The summed E-state index contributed by atoms with van der Waals surface area (Å²) >= 11 is 0. The van der Waals surface area contributed by atoms with E-state index in [2.05, 4.69) is 6.58 Å². The van der Waals surface area contributed by atoms with Crippen LogP contribution in [-0.2, 0) is 28.7 Å². The predicted octanol–water partition coefficient (Wildman–Crippen LogP) is 4.00. The Bertz CT molecular complexity index is 1420. The van der Waals surface area contributed by atoms with E-state index in [9.17, 15) is 24.4 Å². The number of hydroxylamine groups is 4. The van der Waals surface area contributed by atoms with E-state index < -0.39 is 39.9 Å². The maximum Gasteiger partial charge on any atom is 0.440 e. The average molecular weight is 606 g/mol. The molecule has 2 saturated heterocycles. The predicted molar refractivity (Wildman–Crippen MR) is 161 cm³/mol. The molecule has 1 amide bonds. The number of fused-ring (bicyclic) bond motifs is 4. The third-order valence-electron chi connectivity index (χ3n) is 8.74. The molecule has 3 aliphatic rings. The Morgan fingerprint density at radius 3 is 2.34 bits per heavy atom. The number of rotatable bonds is 8. The maximum absolute atomic E-state index is 14.3. The van der Waals surface area contributed by atoms with Gasteiger partial charge in [0.05, 0.1) is 26.1 Å². The van der Waals surface area contributed by atoms with Gasteiger partial charge in [0.2, 0.25) is 5.78 Å². The first-order chi connectivity index (χ1) is 20.9. The summed E-state index contributed by atoms with van der Waals surface area (Å²) in [6.45, 7) is 9.34. The van der Waals surface area contributed by atoms with E-state index in [4.69, 9.17) is 14.3 Å². The molecule has 0 radical (unpaired) electrons. The zero-order chi connectivity index (χ0) is 31.7. The standard InChI is InChI=1S/C33H39N3O8/c1-5-14-33-21-35(19-30(39)43-32(2,3)4)15-16-36(33,41)22(17-28(33)37)18-29(38)44-34-31(40)42-20-27-25-12-8-6-10-23(25)24-11-7-9-13-26(24)27/h5-13,22,27H,1,14-21H2,2-4H3,(H,34,40)/t22-,33+,36?/m0/s1. The molecule has 0 spiro atoms. The van der Waals surface area contributed by atoms with Crippen LogP contribution in [0.15, 0.2) is 61.2 Å². The molecule has 44 heavy (non-hydrogen) atoms. The number of ketones is 1. The first-order valence-electron chi connectivity index (χ1n) is 14.8. The van der Waals surface area contributed by atoms with Crippen molar-refractivity contribution in [3.63, 3.8) is 0 Å². The van der Waals surface area contributed by atoms with Crippen molar-refractivity contribution in [3.8, 4) is 11.1 Å². The van der Waals surface area contributed by atoms with Crippen LogP contribution in [0.4, 0.5) is 4.79 Å². The highest BCUT2D eigenvalue weighted by molar-refractivity contribution is 5.91. The number of ether oxygens (including phenoxy) is 2. The quantitative estimate of drug-likeness (QED) is 0.118. The van der Waals surface area contributed by atoms with E-state index in [0.717, 1.165) is 22.3 Å². The summed E-state index contributed by atoms with van der Waals surface area (Å²) in [4.78, 5) is 57.8. The van der Waals surface area contributed by atoms with Gasteiger partial charge in [-0.3, -0.25) is 14.5 Å². The van der Waals surface area contributed by atoms with Crippen LogP contribution in [0.1, 0.15) is 57.1 Å². The largest absolute Gasteiger partial charge is 0.632 e. The van der Waals surface area contributed by atoms with Crippen molar-refractivity contribution in [1.29, 1.82) is 0 Å². The van der Waals surface area contributed by atoms with Crippen molar-refractivity contribution in [1.82, 2.24) is 10.4 Å². The van der Waals surface area contributed by atoms with Crippen molar-refractivity contribution in [2.45, 2.75) is 63.1 Å². The zero-order valence-electron chi connectivity index (χ0n) is 25.4. The van der Waals surface area contributed by atoms with Crippen LogP contribution in [0.25, 0.3) is 11.1 Å². The number of hydrogen-bond acceptors (Lipinski definition) is 9. The number of esters is 1. The molecular formula is C33H39N3O8. The molecule has 2 aromatic carbocycles. The van der Waals surface area contributed by atoms with Gasteiger partial charge in [-0.05, 0) is 43.0 Å². The molecule has 0 saturated carbocycles. The molecular weight excluding hydrogens is 566 g/mol. The fraction of sp³-hybridized carbons (Fsp3) is 0.455. The topological polar surface area (TPSA) is 134 Å². The van der Waals surface area contributed by atoms with Gasteiger partial charge in [0, 0.05) is 18.9 Å². The van der Waals surface area contributed by atoms with Crippen LogP contribution in [0, 0.1) is 5.21 Å². The number of amides is 1. The fourth-order valence-electron chi connectivity index (χ4n) is 6.90. The second-order valence-corrected chi connectivity index (χ2v) is 12.7. The third kappa shape index (κ3) is 5.99. The van der Waals surface area contributed by atoms with E-state index in [1.54, 1.807) is 25.7 Å². The number of benzene rings is 2. The summed E-state index contributed by atoms with van der Waals surface area (Å²) < 4.78 is 9.91. The van der Waals surface area contributed by atoms with Crippen LogP contribution >= 0.6 is 0 Å². The van der Waals surface area contributed by atoms with Gasteiger partial charge in [0.1, 0.15) is 24.7 Å². The molecule has 11 nitrogen and oxygen atoms in total. The van der Waals surface area contributed by atoms with Crippen LogP contribution in [-0.4, -0.2) is 83.3 Å². The molecule has 234 valence electrons. The van der Waals surface area contributed by atoms with Crippen LogP contribution in [0.2, 0.25) is 0 Å². The van der Waals surface area contributed by atoms with Crippen LogP contribution in [0.3, 0.4) is 0 Å². The van der Waals surface area contributed by atoms with Crippen molar-refractivity contribution in [2.24, 2.45) is 0 Å². The van der Waals surface area contributed by atoms with E-state index in [1.165, 1.54) is 6.08 Å². The minimum atomic E-state index is -1.40. The minimum Gasteiger partial charge on any atom is -0.632 e. The lowest BCUT2D eigenvalue weighted by molar-refractivity contribution is -0.939. The number of carbonyl (C=O) groups is 4. The van der Waals surface area contributed by atoms with Gasteiger partial charge in [-0.1, -0.05) is 54.6 Å². The Morgan fingerprint density at radius 2 is 1.73 bits per heavy atom. The first-order valence-corrected chi connectivity index (χ1v) is 14.8. The number of piperazine rings is 1. The summed E-state index contributed by atoms with van der Waals surface area (Å²) in [5.74, 6) is -1.74. The van der Waals surface area contributed by atoms with Gasteiger partial charge in [-0.15, -0.1) is 12.1 Å². The highest BCUT2D eigenvalue weighted by atomic mass is 16.7. The van der Waals surface area contributed by atoms with Crippen LogP contribution < -0.4 is 5.48 Å². The molecule has 2 heterocycles. The Morgan fingerprint density at radius 1 is 1.09 bits per heavy atom. The van der Waals surface area contributed by atoms with E-state index in [-0.39, 0.29) is 63.7 Å². The lowest BCUT2D eigenvalue weighted by Crippen LogP contribution is -2.72. The Labute approximate surface area is 256 Å². The van der Waals surface area contributed by atoms with Gasteiger partial charge in [-0.25, -0.2) is 9.59 Å². The zero-order valence-corrected chi connectivity index (χ0v) is 25.4. The molecule has 5 rings (SSSR count). The number of nitrogens with one attached hydrogen (secondary N) is 1. The monoisotopic (exact) mass is 605 g/mol. The Hall–Kier alpha value is -4.06. The lowest BCUT2D eigenvalue weighted by Gasteiger charge is -2.58. The summed E-state index contributed by atoms with van der Waals surface area (Å²) in [6, 6.07) is 14.9. The minimum absolute atomic E-state index is 0.000130. The van der Waals surface area contributed by atoms with Gasteiger partial charge in [-0.2, -0.15) is 0 Å². The lowest BCUT2D eigenvalue weighted by atomic mass is 9.87. The van der Waals surface area contributed by atoms with Crippen molar-refractivity contribution in [2.75, 3.05) is 32.8 Å². The molecule has 2 fully saturated rings. The maximum atomic E-state index is 14.3. The SMILES string of the molecule is C=CC[C@]12CN(CC(=O)OC(C)(C)C)CC[N+]1([O-])[C@H](CC(=O)ONC(=O)OCC1c3ccccc3-c3ccccc31)CC2=O. The summed E-state index contributed by atoms with van der Waals surface area (Å²) in [5.41, 5.74) is 4.23. The molecule has 0 aromatic heterocycles. The summed E-state index contributed by atoms with van der Waals surface area (Å²) in [5, 5.41) is 14.3. The molecule has 0 bridgehead atoms. The first kappa shape index (κ1) is 31.4. The molecule has 1 unspecified atom stereocenters. The second kappa shape index (κ2) is 12.1.